The largest absolute Gasteiger partial charge is 0.484 e. The van der Waals surface area contributed by atoms with E-state index in [1.54, 1.807) is 0 Å². The van der Waals surface area contributed by atoms with Crippen molar-refractivity contribution in [2.24, 2.45) is 0 Å². The summed E-state index contributed by atoms with van der Waals surface area (Å²) in [4.78, 5) is 19.9. The average molecular weight is 343 g/mol. The molecule has 2 N–H and O–H groups in total. The molecule has 1 heterocycles. The van der Waals surface area contributed by atoms with Crippen molar-refractivity contribution >= 4 is 22.6 Å². The number of aromatic amines is 1. The van der Waals surface area contributed by atoms with Crippen LogP contribution in [0.2, 0.25) is 0 Å². The van der Waals surface area contributed by atoms with Crippen molar-refractivity contribution in [1.82, 2.24) is 9.97 Å². The van der Waals surface area contributed by atoms with Crippen molar-refractivity contribution in [3.05, 3.63) is 78.9 Å². The maximum absolute atomic E-state index is 12.0. The van der Waals surface area contributed by atoms with E-state index in [0.717, 1.165) is 22.4 Å². The highest BCUT2D eigenvalue weighted by Gasteiger charge is 2.07. The van der Waals surface area contributed by atoms with Crippen LogP contribution in [0, 0.1) is 0 Å². The third kappa shape index (κ3) is 3.57. The topological polar surface area (TPSA) is 67.0 Å². The van der Waals surface area contributed by atoms with Gasteiger partial charge in [0.1, 0.15) is 11.6 Å². The van der Waals surface area contributed by atoms with Gasteiger partial charge in [-0.3, -0.25) is 4.79 Å². The predicted octanol–water partition coefficient (Wildman–Crippen LogP) is 4.25. The number of fused-ring (bicyclic) bond motifs is 1. The molecule has 5 heteroatoms. The maximum atomic E-state index is 12.0. The molecule has 0 radical (unpaired) electrons. The van der Waals surface area contributed by atoms with E-state index in [1.807, 2.05) is 78.9 Å². The highest BCUT2D eigenvalue weighted by Crippen LogP contribution is 2.22. The number of imidazole rings is 1. The molecular formula is C21H17N3O2. The van der Waals surface area contributed by atoms with E-state index in [1.165, 1.54) is 0 Å². The van der Waals surface area contributed by atoms with Gasteiger partial charge < -0.3 is 15.0 Å². The molecule has 1 amide bonds. The fourth-order valence-electron chi connectivity index (χ4n) is 2.66. The zero-order chi connectivity index (χ0) is 17.8. The summed E-state index contributed by atoms with van der Waals surface area (Å²) >= 11 is 0. The standard InChI is InChI=1S/C21H17N3O2/c25-20(14-26-17-6-2-1-3-7-17)22-16-12-10-15(11-13-16)21-23-18-8-4-5-9-19(18)24-21/h1-13H,14H2,(H,22,25)(H,23,24). The molecule has 0 aliphatic heterocycles. The van der Waals surface area contributed by atoms with E-state index in [-0.39, 0.29) is 12.5 Å². The summed E-state index contributed by atoms with van der Waals surface area (Å²) in [6.07, 6.45) is 0. The van der Waals surface area contributed by atoms with Gasteiger partial charge in [-0.1, -0.05) is 30.3 Å². The maximum Gasteiger partial charge on any atom is 0.262 e. The van der Waals surface area contributed by atoms with Crippen LogP contribution in [0.1, 0.15) is 0 Å². The number of anilines is 1. The van der Waals surface area contributed by atoms with Gasteiger partial charge in [-0.15, -0.1) is 0 Å². The molecule has 0 aliphatic rings. The van der Waals surface area contributed by atoms with Crippen LogP contribution in [-0.2, 0) is 4.79 Å². The summed E-state index contributed by atoms with van der Waals surface area (Å²) < 4.78 is 5.44. The van der Waals surface area contributed by atoms with Gasteiger partial charge in [0, 0.05) is 11.3 Å². The van der Waals surface area contributed by atoms with Crippen molar-refractivity contribution in [1.29, 1.82) is 0 Å². The molecule has 0 unspecified atom stereocenters. The highest BCUT2D eigenvalue weighted by atomic mass is 16.5. The number of carbonyl (C=O) groups is 1. The van der Waals surface area contributed by atoms with Crippen LogP contribution in [0.3, 0.4) is 0 Å². The SMILES string of the molecule is O=C(COc1ccccc1)Nc1ccc(-c2nc3ccccc3[nH]2)cc1. The van der Waals surface area contributed by atoms with E-state index in [4.69, 9.17) is 4.74 Å². The molecule has 128 valence electrons. The number of hydrogen-bond acceptors (Lipinski definition) is 3. The lowest BCUT2D eigenvalue weighted by molar-refractivity contribution is -0.118. The molecule has 0 spiro atoms. The van der Waals surface area contributed by atoms with Crippen LogP contribution in [-0.4, -0.2) is 22.5 Å². The van der Waals surface area contributed by atoms with Crippen LogP contribution in [0.15, 0.2) is 78.9 Å². The lowest BCUT2D eigenvalue weighted by Crippen LogP contribution is -2.20. The second-order valence-corrected chi connectivity index (χ2v) is 5.83. The minimum absolute atomic E-state index is 0.0324. The monoisotopic (exact) mass is 343 g/mol. The van der Waals surface area contributed by atoms with Crippen molar-refractivity contribution in [2.45, 2.75) is 0 Å². The summed E-state index contributed by atoms with van der Waals surface area (Å²) in [5, 5.41) is 2.82. The smallest absolute Gasteiger partial charge is 0.262 e. The Labute approximate surface area is 150 Å². The van der Waals surface area contributed by atoms with Crippen LogP contribution in [0.5, 0.6) is 5.75 Å². The number of rotatable bonds is 5. The zero-order valence-corrected chi connectivity index (χ0v) is 14.0. The van der Waals surface area contributed by atoms with Crippen LogP contribution in [0.25, 0.3) is 22.4 Å². The number of ether oxygens (including phenoxy) is 1. The van der Waals surface area contributed by atoms with E-state index in [9.17, 15) is 4.79 Å². The molecule has 3 aromatic carbocycles. The highest BCUT2D eigenvalue weighted by molar-refractivity contribution is 5.92. The molecule has 4 aromatic rings. The first-order valence-electron chi connectivity index (χ1n) is 8.31. The summed E-state index contributed by atoms with van der Waals surface area (Å²) in [5.41, 5.74) is 3.60. The molecule has 4 rings (SSSR count). The molecular weight excluding hydrogens is 326 g/mol. The van der Waals surface area contributed by atoms with Gasteiger partial charge in [0.25, 0.3) is 5.91 Å². The molecule has 0 saturated heterocycles. The normalized spacial score (nSPS) is 10.6. The molecule has 0 bridgehead atoms. The number of amides is 1. The lowest BCUT2D eigenvalue weighted by Gasteiger charge is -2.07. The van der Waals surface area contributed by atoms with Crippen LogP contribution >= 0.6 is 0 Å². The number of nitrogens with zero attached hydrogens (tertiary/aromatic N) is 1. The van der Waals surface area contributed by atoms with Crippen LogP contribution < -0.4 is 10.1 Å². The zero-order valence-electron chi connectivity index (χ0n) is 14.0. The summed E-state index contributed by atoms with van der Waals surface area (Å²) in [6, 6.07) is 24.7. The third-order valence-electron chi connectivity index (χ3n) is 3.94. The van der Waals surface area contributed by atoms with Crippen molar-refractivity contribution in [3.8, 4) is 17.1 Å². The number of carbonyl (C=O) groups excluding carboxylic acids is 1. The average Bonchev–Trinajstić information content (AvgIpc) is 3.12. The van der Waals surface area contributed by atoms with Crippen molar-refractivity contribution in [2.75, 3.05) is 11.9 Å². The Bertz CT molecular complexity index is 991. The fourth-order valence-corrected chi connectivity index (χ4v) is 2.66. The number of aromatic nitrogens is 2. The first-order chi connectivity index (χ1) is 12.8. The molecule has 0 fully saturated rings. The summed E-state index contributed by atoms with van der Waals surface area (Å²) in [6.45, 7) is -0.0324. The molecule has 0 saturated carbocycles. The van der Waals surface area contributed by atoms with Crippen molar-refractivity contribution < 1.29 is 9.53 Å². The van der Waals surface area contributed by atoms with E-state index >= 15 is 0 Å². The third-order valence-corrected chi connectivity index (χ3v) is 3.94. The van der Waals surface area contributed by atoms with Crippen molar-refractivity contribution in [3.63, 3.8) is 0 Å². The first-order valence-corrected chi connectivity index (χ1v) is 8.31. The van der Waals surface area contributed by atoms with Gasteiger partial charge in [0.15, 0.2) is 6.61 Å². The minimum atomic E-state index is -0.203. The number of nitrogens with one attached hydrogen (secondary N) is 2. The Morgan fingerprint density at radius 1 is 0.923 bits per heavy atom. The number of benzene rings is 3. The fraction of sp³-hybridized carbons (Fsp3) is 0.0476. The van der Waals surface area contributed by atoms with Gasteiger partial charge in [0.05, 0.1) is 11.0 Å². The molecule has 1 aromatic heterocycles. The van der Waals surface area contributed by atoms with Gasteiger partial charge in [0.2, 0.25) is 0 Å². The van der Waals surface area contributed by atoms with E-state index in [2.05, 4.69) is 15.3 Å². The van der Waals surface area contributed by atoms with E-state index < -0.39 is 0 Å². The molecule has 5 nitrogen and oxygen atoms in total. The molecule has 26 heavy (non-hydrogen) atoms. The number of hydrogen-bond donors (Lipinski definition) is 2. The molecule has 0 aliphatic carbocycles. The quantitative estimate of drug-likeness (QED) is 0.569. The predicted molar refractivity (Wildman–Crippen MR) is 102 cm³/mol. The summed E-state index contributed by atoms with van der Waals surface area (Å²) in [7, 11) is 0. The Balaban J connectivity index is 1.40. The Morgan fingerprint density at radius 2 is 1.65 bits per heavy atom. The molecule has 0 atom stereocenters. The summed E-state index contributed by atoms with van der Waals surface area (Å²) in [5.74, 6) is 1.27. The van der Waals surface area contributed by atoms with Gasteiger partial charge in [-0.05, 0) is 48.5 Å². The first kappa shape index (κ1) is 15.9. The Kier molecular flexibility index (Phi) is 4.35. The second kappa shape index (κ2) is 7.11. The lowest BCUT2D eigenvalue weighted by atomic mass is 10.2. The Hall–Kier alpha value is -3.60. The number of H-pyrrole nitrogens is 1. The number of para-hydroxylation sites is 3. The van der Waals surface area contributed by atoms with Gasteiger partial charge >= 0.3 is 0 Å². The van der Waals surface area contributed by atoms with Gasteiger partial charge in [-0.2, -0.15) is 0 Å². The van der Waals surface area contributed by atoms with E-state index in [0.29, 0.717) is 11.4 Å². The minimum Gasteiger partial charge on any atom is -0.484 e. The van der Waals surface area contributed by atoms with Crippen LogP contribution in [0.4, 0.5) is 5.69 Å². The van der Waals surface area contributed by atoms with Gasteiger partial charge in [-0.25, -0.2) is 4.98 Å². The Morgan fingerprint density at radius 3 is 2.42 bits per heavy atom. The second-order valence-electron chi connectivity index (χ2n) is 5.83.